The highest BCUT2D eigenvalue weighted by Crippen LogP contribution is 2.12. The van der Waals surface area contributed by atoms with Gasteiger partial charge in [-0.25, -0.2) is 4.79 Å². The van der Waals surface area contributed by atoms with Crippen molar-refractivity contribution in [3.63, 3.8) is 0 Å². The third-order valence-corrected chi connectivity index (χ3v) is 3.11. The van der Waals surface area contributed by atoms with Gasteiger partial charge in [0.25, 0.3) is 0 Å². The third-order valence-electron chi connectivity index (χ3n) is 3.11. The van der Waals surface area contributed by atoms with Gasteiger partial charge in [-0.2, -0.15) is 0 Å². The summed E-state index contributed by atoms with van der Waals surface area (Å²) in [5.41, 5.74) is 5.29. The summed E-state index contributed by atoms with van der Waals surface area (Å²) in [5, 5.41) is 65.1. The van der Waals surface area contributed by atoms with Gasteiger partial charge < -0.3 is 55.8 Å². The Labute approximate surface area is 135 Å². The molecule has 0 radical (unpaired) electrons. The SMILES string of the molecule is N[C@@H](C=O)[C@@H](OC(=O)[C@@H](O)[C@@H](O)[C@H](O)[C@@H](O)C=O)[C@@H](O)[C@H](O)CO. The summed E-state index contributed by atoms with van der Waals surface area (Å²) >= 11 is 0. The average molecular weight is 355 g/mol. The first kappa shape index (κ1) is 22.5. The molecular formula is C12H21NO11. The molecule has 0 saturated heterocycles. The first-order valence-electron chi connectivity index (χ1n) is 6.68. The maximum Gasteiger partial charge on any atom is 0.338 e. The zero-order chi connectivity index (χ0) is 19.0. The lowest BCUT2D eigenvalue weighted by atomic mass is 10.0. The van der Waals surface area contributed by atoms with Gasteiger partial charge in [-0.05, 0) is 0 Å². The largest absolute Gasteiger partial charge is 0.455 e. The Hall–Kier alpha value is -1.51. The number of aliphatic hydroxyl groups is 7. The van der Waals surface area contributed by atoms with E-state index in [1.807, 2.05) is 0 Å². The summed E-state index contributed by atoms with van der Waals surface area (Å²) < 4.78 is 4.53. The molecule has 12 heteroatoms. The zero-order valence-electron chi connectivity index (χ0n) is 12.3. The van der Waals surface area contributed by atoms with Crippen molar-refractivity contribution in [1.82, 2.24) is 0 Å². The van der Waals surface area contributed by atoms with E-state index in [-0.39, 0.29) is 12.6 Å². The Kier molecular flexibility index (Phi) is 9.72. The molecule has 0 heterocycles. The molecule has 0 unspecified atom stereocenters. The monoisotopic (exact) mass is 355 g/mol. The topological polar surface area (TPSA) is 228 Å². The fraction of sp³-hybridized carbons (Fsp3) is 0.750. The Morgan fingerprint density at radius 1 is 0.958 bits per heavy atom. The fourth-order valence-electron chi connectivity index (χ4n) is 1.59. The average Bonchev–Trinajstić information content (AvgIpc) is 2.60. The number of aliphatic hydroxyl groups excluding tert-OH is 7. The predicted octanol–water partition coefficient (Wildman–Crippen LogP) is -6.22. The van der Waals surface area contributed by atoms with Crippen LogP contribution < -0.4 is 5.73 Å². The van der Waals surface area contributed by atoms with Crippen LogP contribution in [0.3, 0.4) is 0 Å². The molecule has 0 fully saturated rings. The van der Waals surface area contributed by atoms with Crippen molar-refractivity contribution in [2.45, 2.75) is 48.8 Å². The highest BCUT2D eigenvalue weighted by atomic mass is 16.6. The standard InChI is InChI=1S/C12H21NO11/c13-4(1-14)11(8(20)6(18)3-16)24-12(23)10(22)9(21)7(19)5(17)2-15/h1-2,4-11,16-22H,3,13H2/t4-,5-,6+,7+,8-,9-,10-,11+/m0/s1. The molecule has 0 aromatic rings. The molecule has 0 saturated carbocycles. The van der Waals surface area contributed by atoms with Crippen LogP contribution in [0.5, 0.6) is 0 Å². The van der Waals surface area contributed by atoms with Gasteiger partial charge in [-0.1, -0.05) is 0 Å². The molecule has 0 aliphatic rings. The third kappa shape index (κ3) is 5.85. The molecule has 0 amide bonds. The van der Waals surface area contributed by atoms with Crippen molar-refractivity contribution in [3.8, 4) is 0 Å². The van der Waals surface area contributed by atoms with Crippen LogP contribution in [0.1, 0.15) is 0 Å². The minimum atomic E-state index is -2.48. The molecule has 140 valence electrons. The highest BCUT2D eigenvalue weighted by Gasteiger charge is 2.39. The molecule has 12 nitrogen and oxygen atoms in total. The minimum absolute atomic E-state index is 0.0546. The van der Waals surface area contributed by atoms with Crippen LogP contribution in [0.4, 0.5) is 0 Å². The number of carbonyl (C=O) groups is 3. The fourth-order valence-corrected chi connectivity index (χ4v) is 1.59. The van der Waals surface area contributed by atoms with Gasteiger partial charge in [0.15, 0.2) is 18.5 Å². The van der Waals surface area contributed by atoms with E-state index in [1.54, 1.807) is 0 Å². The number of rotatable bonds is 11. The van der Waals surface area contributed by atoms with E-state index in [2.05, 4.69) is 4.74 Å². The molecule has 0 aliphatic carbocycles. The van der Waals surface area contributed by atoms with E-state index >= 15 is 0 Å². The number of esters is 1. The van der Waals surface area contributed by atoms with E-state index in [0.29, 0.717) is 0 Å². The van der Waals surface area contributed by atoms with Crippen LogP contribution in [-0.4, -0.2) is 110 Å². The predicted molar refractivity (Wildman–Crippen MR) is 73.1 cm³/mol. The van der Waals surface area contributed by atoms with Crippen molar-refractivity contribution in [2.75, 3.05) is 6.61 Å². The van der Waals surface area contributed by atoms with Gasteiger partial charge in [0.05, 0.1) is 6.61 Å². The van der Waals surface area contributed by atoms with Gasteiger partial charge in [-0.15, -0.1) is 0 Å². The quantitative estimate of drug-likeness (QED) is 0.128. The maximum atomic E-state index is 11.7. The lowest BCUT2D eigenvalue weighted by molar-refractivity contribution is -0.184. The van der Waals surface area contributed by atoms with Crippen LogP contribution >= 0.6 is 0 Å². The number of hydrogen-bond acceptors (Lipinski definition) is 12. The number of aldehydes is 2. The summed E-state index contributed by atoms with van der Waals surface area (Å²) in [6.45, 7) is -0.962. The number of carbonyl (C=O) groups excluding carboxylic acids is 3. The minimum Gasteiger partial charge on any atom is -0.455 e. The van der Waals surface area contributed by atoms with Gasteiger partial charge in [0, 0.05) is 0 Å². The van der Waals surface area contributed by atoms with E-state index in [4.69, 9.17) is 15.9 Å². The Morgan fingerprint density at radius 3 is 1.92 bits per heavy atom. The highest BCUT2D eigenvalue weighted by molar-refractivity contribution is 5.76. The molecule has 0 rings (SSSR count). The van der Waals surface area contributed by atoms with Crippen molar-refractivity contribution in [2.24, 2.45) is 5.73 Å². The second-order valence-electron chi connectivity index (χ2n) is 4.91. The number of ether oxygens (including phenoxy) is 1. The van der Waals surface area contributed by atoms with Gasteiger partial charge >= 0.3 is 5.97 Å². The number of hydrogen-bond donors (Lipinski definition) is 8. The second-order valence-corrected chi connectivity index (χ2v) is 4.91. The Bertz CT molecular complexity index is 420. The molecule has 0 bridgehead atoms. The Morgan fingerprint density at radius 2 is 1.50 bits per heavy atom. The van der Waals surface area contributed by atoms with Crippen molar-refractivity contribution in [3.05, 3.63) is 0 Å². The molecule has 8 atom stereocenters. The lowest BCUT2D eigenvalue weighted by Gasteiger charge is -2.30. The molecular weight excluding hydrogens is 334 g/mol. The summed E-state index contributed by atoms with van der Waals surface area (Å²) in [5.74, 6) is -1.67. The molecule has 0 aromatic heterocycles. The van der Waals surface area contributed by atoms with Gasteiger partial charge in [0.1, 0.15) is 42.8 Å². The first-order chi connectivity index (χ1) is 11.1. The summed E-state index contributed by atoms with van der Waals surface area (Å²) in [7, 11) is 0. The molecule has 9 N–H and O–H groups in total. The van der Waals surface area contributed by atoms with Crippen LogP contribution in [0, 0.1) is 0 Å². The summed E-state index contributed by atoms with van der Waals surface area (Å²) in [4.78, 5) is 32.7. The summed E-state index contributed by atoms with van der Waals surface area (Å²) in [6, 6.07) is -1.65. The zero-order valence-corrected chi connectivity index (χ0v) is 12.3. The Balaban J connectivity index is 5.10. The van der Waals surface area contributed by atoms with Crippen molar-refractivity contribution >= 4 is 18.5 Å². The first-order valence-corrected chi connectivity index (χ1v) is 6.68. The van der Waals surface area contributed by atoms with E-state index in [9.17, 15) is 39.9 Å². The van der Waals surface area contributed by atoms with Crippen LogP contribution in [-0.2, 0) is 19.1 Å². The lowest BCUT2D eigenvalue weighted by Crippen LogP contribution is -2.55. The molecule has 24 heavy (non-hydrogen) atoms. The second kappa shape index (κ2) is 10.4. The normalized spacial score (nSPS) is 21.5. The van der Waals surface area contributed by atoms with Crippen LogP contribution in [0.25, 0.3) is 0 Å². The van der Waals surface area contributed by atoms with E-state index < -0.39 is 61.3 Å². The van der Waals surface area contributed by atoms with Crippen LogP contribution in [0.2, 0.25) is 0 Å². The molecule has 0 spiro atoms. The van der Waals surface area contributed by atoms with Crippen LogP contribution in [0.15, 0.2) is 0 Å². The molecule has 0 aromatic carbocycles. The smallest absolute Gasteiger partial charge is 0.338 e. The number of nitrogens with two attached hydrogens (primary N) is 1. The van der Waals surface area contributed by atoms with Crippen molar-refractivity contribution < 1.29 is 54.9 Å². The van der Waals surface area contributed by atoms with Gasteiger partial charge in [0.2, 0.25) is 0 Å². The van der Waals surface area contributed by atoms with Crippen molar-refractivity contribution in [1.29, 1.82) is 0 Å². The van der Waals surface area contributed by atoms with Gasteiger partial charge in [-0.3, -0.25) is 0 Å². The van der Waals surface area contributed by atoms with E-state index in [0.717, 1.165) is 0 Å². The maximum absolute atomic E-state index is 11.7. The summed E-state index contributed by atoms with van der Waals surface area (Å²) in [6.07, 6.45) is -15.0. The molecule has 0 aliphatic heterocycles. The van der Waals surface area contributed by atoms with E-state index in [1.165, 1.54) is 0 Å².